The van der Waals surface area contributed by atoms with Gasteiger partial charge in [-0.1, -0.05) is 152 Å². The molecule has 0 N–H and O–H groups in total. The summed E-state index contributed by atoms with van der Waals surface area (Å²) in [6.45, 7) is 0. The Morgan fingerprint density at radius 3 is 1.65 bits per heavy atom. The average Bonchev–Trinajstić information content (AvgIpc) is 3.88. The number of hydrogen-bond acceptors (Lipinski definition) is 5. The number of hydrogen-bond donors (Lipinski definition) is 0. The van der Waals surface area contributed by atoms with Crippen LogP contribution in [0.4, 0.5) is 0 Å². The predicted octanol–water partition coefficient (Wildman–Crippen LogP) is 14.3. The minimum Gasteiger partial charge on any atom is -0.291 e. The molecule has 278 valence electrons. The van der Waals surface area contributed by atoms with E-state index in [0.29, 0.717) is 17.5 Å². The summed E-state index contributed by atoms with van der Waals surface area (Å²) in [4.78, 5) is 20.6. The summed E-state index contributed by atoms with van der Waals surface area (Å²) >= 11 is 1.84. The molecule has 9 aromatic carbocycles. The molecule has 0 amide bonds. The zero-order valence-electron chi connectivity index (χ0n) is 32.0. The molecule has 0 spiro atoms. The Kier molecular flexibility index (Phi) is 7.11. The summed E-state index contributed by atoms with van der Waals surface area (Å²) in [5.41, 5.74) is 8.00. The first-order valence-electron chi connectivity index (χ1n) is 20.1. The van der Waals surface area contributed by atoms with Crippen molar-refractivity contribution in [2.45, 2.75) is 0 Å². The van der Waals surface area contributed by atoms with E-state index >= 15 is 0 Å². The van der Waals surface area contributed by atoms with Gasteiger partial charge in [-0.3, -0.25) is 4.40 Å². The van der Waals surface area contributed by atoms with Gasteiger partial charge in [0, 0.05) is 32.2 Å². The smallest absolute Gasteiger partial charge is 0.164 e. The first kappa shape index (κ1) is 33.2. The van der Waals surface area contributed by atoms with Crippen molar-refractivity contribution in [3.63, 3.8) is 0 Å². The van der Waals surface area contributed by atoms with Gasteiger partial charge in [-0.15, -0.1) is 11.3 Å². The summed E-state index contributed by atoms with van der Waals surface area (Å²) in [5.74, 6) is 1.91. The Bertz CT molecular complexity index is 3890. The molecule has 0 saturated heterocycles. The van der Waals surface area contributed by atoms with Gasteiger partial charge in [0.2, 0.25) is 0 Å². The molecule has 0 fully saturated rings. The lowest BCUT2D eigenvalue weighted by Gasteiger charge is -2.11. The molecule has 0 bridgehead atoms. The number of aromatic nitrogens is 5. The molecule has 0 saturated carbocycles. The van der Waals surface area contributed by atoms with E-state index in [4.69, 9.17) is 19.9 Å². The van der Waals surface area contributed by atoms with Gasteiger partial charge in [0.05, 0.1) is 21.4 Å². The van der Waals surface area contributed by atoms with Gasteiger partial charge in [-0.2, -0.15) is 0 Å². The first-order chi connectivity index (χ1) is 29.7. The highest BCUT2D eigenvalue weighted by Crippen LogP contribution is 2.44. The van der Waals surface area contributed by atoms with Crippen LogP contribution in [0.25, 0.3) is 125 Å². The highest BCUT2D eigenvalue weighted by molar-refractivity contribution is 7.27. The molecule has 5 nitrogen and oxygen atoms in total. The Hall–Kier alpha value is -7.80. The third-order valence-electron chi connectivity index (χ3n) is 11.9. The fraction of sp³-hybridized carbons (Fsp3) is 0. The second kappa shape index (κ2) is 12.9. The average molecular weight is 782 g/mol. The number of nitrogens with zero attached hydrogens (tertiary/aromatic N) is 5. The fourth-order valence-electron chi connectivity index (χ4n) is 8.95. The molecule has 6 heteroatoms. The molecule has 0 aliphatic heterocycles. The molecule has 0 aliphatic carbocycles. The van der Waals surface area contributed by atoms with E-state index in [9.17, 15) is 0 Å². The molecular weight excluding hydrogens is 751 g/mol. The van der Waals surface area contributed by atoms with Crippen LogP contribution in [0.3, 0.4) is 0 Å². The summed E-state index contributed by atoms with van der Waals surface area (Å²) in [7, 11) is 0. The second-order valence-electron chi connectivity index (χ2n) is 15.5. The lowest BCUT2D eigenvalue weighted by Crippen LogP contribution is -2.00. The van der Waals surface area contributed by atoms with Gasteiger partial charge < -0.3 is 0 Å². The minimum absolute atomic E-state index is 0.627. The number of rotatable bonds is 4. The van der Waals surface area contributed by atoms with Gasteiger partial charge in [-0.05, 0) is 85.1 Å². The standard InChI is InChI=1S/C54H31N5S/c1-2-12-35(13-3-1)51-56-52(58-53(57-51)40-23-18-32-10-4-5-14-37(32)26-40)36-21-19-34(20-22-36)47-31-45-44-25-24-33-11-8-9-17-43(33)49(44)60-50(45)54-55-46-29-41-27-38-15-6-7-16-39(38)28-42(41)30-48(46)59(47)54/h1-31H. The summed E-state index contributed by atoms with van der Waals surface area (Å²) < 4.78 is 4.84. The summed E-state index contributed by atoms with van der Waals surface area (Å²) in [6, 6.07) is 66.9. The van der Waals surface area contributed by atoms with Gasteiger partial charge in [0.25, 0.3) is 0 Å². The van der Waals surface area contributed by atoms with Crippen LogP contribution in [0.15, 0.2) is 188 Å². The number of benzene rings is 9. The quantitative estimate of drug-likeness (QED) is 0.167. The third-order valence-corrected chi connectivity index (χ3v) is 13.2. The lowest BCUT2D eigenvalue weighted by atomic mass is 10.0. The predicted molar refractivity (Wildman–Crippen MR) is 251 cm³/mol. The first-order valence-corrected chi connectivity index (χ1v) is 20.9. The lowest BCUT2D eigenvalue weighted by molar-refractivity contribution is 1.07. The van der Waals surface area contributed by atoms with E-state index in [-0.39, 0.29) is 0 Å². The van der Waals surface area contributed by atoms with Gasteiger partial charge in [0.15, 0.2) is 23.1 Å². The van der Waals surface area contributed by atoms with E-state index in [2.05, 4.69) is 162 Å². The van der Waals surface area contributed by atoms with Crippen molar-refractivity contribution in [1.29, 1.82) is 0 Å². The highest BCUT2D eigenvalue weighted by Gasteiger charge is 2.20. The molecule has 13 rings (SSSR count). The Morgan fingerprint density at radius 2 is 0.900 bits per heavy atom. The SMILES string of the molecule is c1ccc(-c2nc(-c3ccc(-c4cc5c6ccc7ccccc7c6sc5c5nc6cc7cc8ccccc8cc7cc6n45)cc3)nc(-c3ccc4ccccc4c3)n2)cc1. The third kappa shape index (κ3) is 5.18. The van der Waals surface area contributed by atoms with Crippen molar-refractivity contribution in [2.75, 3.05) is 0 Å². The maximum Gasteiger partial charge on any atom is 0.164 e. The van der Waals surface area contributed by atoms with Crippen LogP contribution in [0.2, 0.25) is 0 Å². The molecule has 4 aromatic heterocycles. The molecule has 0 unspecified atom stereocenters. The molecule has 13 aromatic rings. The van der Waals surface area contributed by atoms with Crippen molar-refractivity contribution in [3.05, 3.63) is 188 Å². The number of pyridine rings is 1. The maximum atomic E-state index is 5.44. The zero-order valence-corrected chi connectivity index (χ0v) is 32.9. The normalized spacial score (nSPS) is 12.0. The monoisotopic (exact) mass is 781 g/mol. The van der Waals surface area contributed by atoms with Crippen LogP contribution >= 0.6 is 11.3 Å². The van der Waals surface area contributed by atoms with Gasteiger partial charge in [-0.25, -0.2) is 19.9 Å². The topological polar surface area (TPSA) is 56.0 Å². The minimum atomic E-state index is 0.627. The number of fused-ring (bicyclic) bond motifs is 12. The van der Waals surface area contributed by atoms with Crippen LogP contribution in [-0.2, 0) is 0 Å². The van der Waals surface area contributed by atoms with Gasteiger partial charge in [0.1, 0.15) is 0 Å². The zero-order chi connectivity index (χ0) is 39.3. The molecule has 0 aliphatic rings. The van der Waals surface area contributed by atoms with Crippen molar-refractivity contribution in [3.8, 4) is 45.4 Å². The van der Waals surface area contributed by atoms with Gasteiger partial charge >= 0.3 is 0 Å². The summed E-state index contributed by atoms with van der Waals surface area (Å²) in [6.07, 6.45) is 0. The number of imidazole rings is 1. The van der Waals surface area contributed by atoms with Crippen molar-refractivity contribution >= 4 is 91.3 Å². The van der Waals surface area contributed by atoms with Crippen LogP contribution in [0.5, 0.6) is 0 Å². The van der Waals surface area contributed by atoms with E-state index in [1.54, 1.807) is 0 Å². The van der Waals surface area contributed by atoms with E-state index in [0.717, 1.165) is 50.0 Å². The van der Waals surface area contributed by atoms with Crippen LogP contribution in [-0.4, -0.2) is 24.3 Å². The second-order valence-corrected chi connectivity index (χ2v) is 16.5. The van der Waals surface area contributed by atoms with Crippen LogP contribution in [0.1, 0.15) is 0 Å². The highest BCUT2D eigenvalue weighted by atomic mass is 32.1. The maximum absolute atomic E-state index is 5.44. The Balaban J connectivity index is 1.02. The van der Waals surface area contributed by atoms with Crippen LogP contribution in [0, 0.1) is 0 Å². The number of thiophene rings is 1. The van der Waals surface area contributed by atoms with Crippen LogP contribution < -0.4 is 0 Å². The summed E-state index contributed by atoms with van der Waals surface area (Å²) in [5, 5.41) is 12.1. The largest absolute Gasteiger partial charge is 0.291 e. The Labute approximate surface area is 347 Å². The molecular formula is C54H31N5S. The molecule has 4 heterocycles. The van der Waals surface area contributed by atoms with Crippen molar-refractivity contribution in [2.24, 2.45) is 0 Å². The molecule has 60 heavy (non-hydrogen) atoms. The van der Waals surface area contributed by atoms with Crippen molar-refractivity contribution in [1.82, 2.24) is 24.3 Å². The molecule has 0 radical (unpaired) electrons. The molecule has 0 atom stereocenters. The van der Waals surface area contributed by atoms with E-state index < -0.39 is 0 Å². The Morgan fingerprint density at radius 1 is 0.333 bits per heavy atom. The fourth-order valence-corrected chi connectivity index (χ4v) is 10.2. The van der Waals surface area contributed by atoms with E-state index in [1.807, 2.05) is 41.7 Å². The van der Waals surface area contributed by atoms with E-state index in [1.165, 1.54) is 57.9 Å². The van der Waals surface area contributed by atoms with Crippen molar-refractivity contribution < 1.29 is 0 Å².